The molecule has 2 bridgehead atoms. The summed E-state index contributed by atoms with van der Waals surface area (Å²) in [6, 6.07) is 5.58. The van der Waals surface area contributed by atoms with Crippen LogP contribution in [0.3, 0.4) is 0 Å². The molecule has 2 aliphatic carbocycles. The van der Waals surface area contributed by atoms with Crippen molar-refractivity contribution in [1.82, 2.24) is 0 Å². The van der Waals surface area contributed by atoms with Crippen LogP contribution in [0.1, 0.15) is 35.8 Å². The second-order valence-corrected chi connectivity index (χ2v) is 4.25. The van der Waals surface area contributed by atoms with Gasteiger partial charge in [0.1, 0.15) is 0 Å². The second-order valence-electron chi connectivity index (χ2n) is 4.25. The fourth-order valence-corrected chi connectivity index (χ4v) is 3.08. The van der Waals surface area contributed by atoms with Gasteiger partial charge < -0.3 is 5.73 Å². The molecule has 0 amide bonds. The molecule has 15 heavy (non-hydrogen) atoms. The van der Waals surface area contributed by atoms with Crippen molar-refractivity contribution >= 4 is 5.69 Å². The molecule has 2 aliphatic rings. The van der Waals surface area contributed by atoms with Crippen LogP contribution in [0, 0.1) is 0 Å². The van der Waals surface area contributed by atoms with Crippen LogP contribution in [0.2, 0.25) is 0 Å². The van der Waals surface area contributed by atoms with Crippen LogP contribution >= 0.6 is 0 Å². The highest BCUT2D eigenvalue weighted by molar-refractivity contribution is 5.64. The van der Waals surface area contributed by atoms with E-state index in [1.54, 1.807) is 6.07 Å². The van der Waals surface area contributed by atoms with Crippen LogP contribution in [0.5, 0.6) is 0 Å². The van der Waals surface area contributed by atoms with Gasteiger partial charge in [0.15, 0.2) is 0 Å². The van der Waals surface area contributed by atoms with Gasteiger partial charge in [-0.3, -0.25) is 0 Å². The van der Waals surface area contributed by atoms with Gasteiger partial charge in [0, 0.05) is 23.1 Å². The molecule has 0 heterocycles. The van der Waals surface area contributed by atoms with Gasteiger partial charge in [-0.1, -0.05) is 12.1 Å². The van der Waals surface area contributed by atoms with Crippen molar-refractivity contribution in [3.63, 3.8) is 0 Å². The molecule has 3 heteroatoms. The normalized spacial score (nSPS) is 26.9. The van der Waals surface area contributed by atoms with E-state index in [2.05, 4.69) is 0 Å². The number of hydrogen-bond donors (Lipinski definition) is 1. The molecule has 0 aromatic heterocycles. The first-order chi connectivity index (χ1) is 7.20. The van der Waals surface area contributed by atoms with E-state index in [1.165, 1.54) is 0 Å². The van der Waals surface area contributed by atoms with Crippen LogP contribution in [-0.2, 0) is 0 Å². The number of hydrogen-bond acceptors (Lipinski definition) is 1. The van der Waals surface area contributed by atoms with E-state index < -0.39 is 6.08 Å². The first-order valence-electron chi connectivity index (χ1n) is 5.13. The highest BCUT2D eigenvalue weighted by Crippen LogP contribution is 2.59. The molecule has 3 rings (SSSR count). The zero-order valence-corrected chi connectivity index (χ0v) is 8.13. The Morgan fingerprint density at radius 1 is 1.20 bits per heavy atom. The highest BCUT2D eigenvalue weighted by Gasteiger charge is 2.44. The quantitative estimate of drug-likeness (QED) is 0.648. The molecule has 0 radical (unpaired) electrons. The maximum absolute atomic E-state index is 12.8. The third kappa shape index (κ3) is 1.01. The van der Waals surface area contributed by atoms with E-state index in [0.29, 0.717) is 11.3 Å². The van der Waals surface area contributed by atoms with Crippen molar-refractivity contribution in [3.05, 3.63) is 41.0 Å². The number of halogens is 2. The largest absolute Gasteiger partial charge is 0.398 e. The van der Waals surface area contributed by atoms with Gasteiger partial charge in [0.05, 0.1) is 0 Å². The number of nitrogen functional groups attached to an aromatic ring is 1. The number of benzene rings is 1. The summed E-state index contributed by atoms with van der Waals surface area (Å²) >= 11 is 0. The number of fused-ring (bicyclic) bond motifs is 5. The Morgan fingerprint density at radius 3 is 2.60 bits per heavy atom. The van der Waals surface area contributed by atoms with Crippen LogP contribution in [-0.4, -0.2) is 0 Å². The van der Waals surface area contributed by atoms with Crippen molar-refractivity contribution in [2.24, 2.45) is 0 Å². The topological polar surface area (TPSA) is 26.0 Å². The first-order valence-corrected chi connectivity index (χ1v) is 5.13. The third-order valence-electron chi connectivity index (χ3n) is 3.61. The van der Waals surface area contributed by atoms with Crippen molar-refractivity contribution in [1.29, 1.82) is 0 Å². The van der Waals surface area contributed by atoms with Gasteiger partial charge in [-0.2, -0.15) is 8.78 Å². The summed E-state index contributed by atoms with van der Waals surface area (Å²) in [5.74, 6) is -0.185. The monoisotopic (exact) mass is 207 g/mol. The van der Waals surface area contributed by atoms with Crippen LogP contribution in [0.15, 0.2) is 29.9 Å². The van der Waals surface area contributed by atoms with E-state index in [-0.39, 0.29) is 11.8 Å². The van der Waals surface area contributed by atoms with Crippen molar-refractivity contribution in [2.45, 2.75) is 24.7 Å². The first kappa shape index (κ1) is 8.89. The lowest BCUT2D eigenvalue weighted by molar-refractivity contribution is 0.405. The Balaban J connectivity index is 2.26. The van der Waals surface area contributed by atoms with Crippen molar-refractivity contribution < 1.29 is 8.78 Å². The molecule has 1 aromatic carbocycles. The standard InChI is InChI=1S/C12H11F2N/c13-12(14)11-7-4-5-8(11)10-6(7)2-1-3-9(10)15/h1-3,7-8H,4-5,15H2. The maximum atomic E-state index is 12.8. The molecule has 2 N–H and O–H groups in total. The summed E-state index contributed by atoms with van der Waals surface area (Å²) in [7, 11) is 0. The minimum Gasteiger partial charge on any atom is -0.398 e. The van der Waals surface area contributed by atoms with Crippen molar-refractivity contribution in [3.8, 4) is 0 Å². The van der Waals surface area contributed by atoms with Crippen LogP contribution in [0.4, 0.5) is 14.5 Å². The Hall–Kier alpha value is -1.38. The summed E-state index contributed by atoms with van der Waals surface area (Å²) < 4.78 is 25.6. The number of anilines is 1. The summed E-state index contributed by atoms with van der Waals surface area (Å²) in [5.41, 5.74) is 8.82. The third-order valence-corrected chi connectivity index (χ3v) is 3.61. The molecule has 1 fully saturated rings. The minimum absolute atomic E-state index is 0.0708. The Bertz CT molecular complexity index is 461. The average Bonchev–Trinajstić information content (AvgIpc) is 2.73. The minimum atomic E-state index is -1.50. The van der Waals surface area contributed by atoms with E-state index in [1.807, 2.05) is 12.1 Å². The lowest BCUT2D eigenvalue weighted by atomic mass is 9.91. The Kier molecular flexibility index (Phi) is 1.67. The molecule has 1 aromatic rings. The number of allylic oxidation sites excluding steroid dienone is 1. The summed E-state index contributed by atoms with van der Waals surface area (Å²) in [6.07, 6.45) is 0.157. The average molecular weight is 207 g/mol. The van der Waals surface area contributed by atoms with Gasteiger partial charge in [0.2, 0.25) is 0 Å². The summed E-state index contributed by atoms with van der Waals surface area (Å²) in [6.45, 7) is 0. The molecule has 78 valence electrons. The van der Waals surface area contributed by atoms with Gasteiger partial charge in [-0.25, -0.2) is 0 Å². The smallest absolute Gasteiger partial charge is 0.270 e. The second kappa shape index (κ2) is 2.81. The predicted molar refractivity (Wildman–Crippen MR) is 54.8 cm³/mol. The molecule has 2 unspecified atom stereocenters. The molecular formula is C12H11F2N. The SMILES string of the molecule is Nc1cccc2c1C1CCC2C1=C(F)F. The molecule has 0 aliphatic heterocycles. The molecule has 1 nitrogen and oxygen atoms in total. The zero-order valence-electron chi connectivity index (χ0n) is 8.13. The van der Waals surface area contributed by atoms with Gasteiger partial charge >= 0.3 is 0 Å². The van der Waals surface area contributed by atoms with Crippen LogP contribution in [0.25, 0.3) is 0 Å². The van der Waals surface area contributed by atoms with E-state index in [9.17, 15) is 8.78 Å². The maximum Gasteiger partial charge on any atom is 0.270 e. The zero-order chi connectivity index (χ0) is 10.6. The Morgan fingerprint density at radius 2 is 1.93 bits per heavy atom. The van der Waals surface area contributed by atoms with Gasteiger partial charge in [-0.15, -0.1) is 0 Å². The fourth-order valence-electron chi connectivity index (χ4n) is 3.08. The fraction of sp³-hybridized carbons (Fsp3) is 0.333. The summed E-state index contributed by atoms with van der Waals surface area (Å²) in [4.78, 5) is 0. The Labute approximate surface area is 86.6 Å². The summed E-state index contributed by atoms with van der Waals surface area (Å²) in [5, 5.41) is 0. The van der Waals surface area contributed by atoms with Gasteiger partial charge in [-0.05, 0) is 30.0 Å². The van der Waals surface area contributed by atoms with E-state index in [4.69, 9.17) is 5.73 Å². The van der Waals surface area contributed by atoms with E-state index in [0.717, 1.165) is 24.0 Å². The molecule has 1 saturated carbocycles. The van der Waals surface area contributed by atoms with Gasteiger partial charge in [0.25, 0.3) is 6.08 Å². The molecule has 0 spiro atoms. The molecule has 0 saturated heterocycles. The molecular weight excluding hydrogens is 196 g/mol. The lowest BCUT2D eigenvalue weighted by Crippen LogP contribution is -2.01. The lowest BCUT2D eigenvalue weighted by Gasteiger charge is -2.15. The predicted octanol–water partition coefficient (Wildman–Crippen LogP) is 3.39. The van der Waals surface area contributed by atoms with E-state index >= 15 is 0 Å². The molecule has 2 atom stereocenters. The number of nitrogens with two attached hydrogens (primary N) is 1. The highest BCUT2D eigenvalue weighted by atomic mass is 19.3. The van der Waals surface area contributed by atoms with Crippen molar-refractivity contribution in [2.75, 3.05) is 5.73 Å². The van der Waals surface area contributed by atoms with Crippen LogP contribution < -0.4 is 5.73 Å². The number of rotatable bonds is 0.